The first-order chi connectivity index (χ1) is 13.6. The highest BCUT2D eigenvalue weighted by atomic mass is 16.5. The lowest BCUT2D eigenvalue weighted by atomic mass is 9.94. The van der Waals surface area contributed by atoms with Crippen molar-refractivity contribution in [1.29, 1.82) is 0 Å². The van der Waals surface area contributed by atoms with Crippen LogP contribution >= 0.6 is 0 Å². The molecule has 1 N–H and O–H groups in total. The zero-order valence-electron chi connectivity index (χ0n) is 15.7. The molecule has 2 aromatic rings. The van der Waals surface area contributed by atoms with Crippen LogP contribution in [0.3, 0.4) is 0 Å². The third-order valence-corrected chi connectivity index (χ3v) is 5.47. The standard InChI is InChI=1S/C22H22N2O4/c1-28-19-10-6-5-9-17(19)20(25)23-14-11-12-16-18(13-14)22(27)24(21(16)26)15-7-3-2-4-8-15/h5-6,9-13,15H,2-4,7-8H2,1H3,(H,23,25). The molecule has 4 rings (SSSR count). The number of carbonyl (C=O) groups is 3. The van der Waals surface area contributed by atoms with E-state index >= 15 is 0 Å². The molecule has 6 nitrogen and oxygen atoms in total. The molecule has 0 aromatic heterocycles. The van der Waals surface area contributed by atoms with Crippen LogP contribution < -0.4 is 10.1 Å². The van der Waals surface area contributed by atoms with Crippen molar-refractivity contribution < 1.29 is 19.1 Å². The predicted molar refractivity (Wildman–Crippen MR) is 105 cm³/mol. The predicted octanol–water partition coefficient (Wildman–Crippen LogP) is 3.88. The third kappa shape index (κ3) is 3.15. The fourth-order valence-electron chi connectivity index (χ4n) is 4.04. The molecule has 0 unspecified atom stereocenters. The Hall–Kier alpha value is -3.15. The minimum atomic E-state index is -0.335. The Balaban J connectivity index is 1.57. The Morgan fingerprint density at radius 2 is 1.71 bits per heavy atom. The van der Waals surface area contributed by atoms with E-state index in [2.05, 4.69) is 5.32 Å². The zero-order chi connectivity index (χ0) is 19.7. The molecule has 1 heterocycles. The summed E-state index contributed by atoms with van der Waals surface area (Å²) in [7, 11) is 1.51. The van der Waals surface area contributed by atoms with E-state index in [1.807, 2.05) is 0 Å². The van der Waals surface area contributed by atoms with Gasteiger partial charge in [-0.1, -0.05) is 31.4 Å². The molecule has 6 heteroatoms. The zero-order valence-corrected chi connectivity index (χ0v) is 15.7. The molecule has 2 aliphatic rings. The first kappa shape index (κ1) is 18.2. The molecule has 0 bridgehead atoms. The molecule has 0 saturated heterocycles. The number of hydrogen-bond donors (Lipinski definition) is 1. The van der Waals surface area contributed by atoms with Crippen molar-refractivity contribution in [3.05, 3.63) is 59.2 Å². The average molecular weight is 378 g/mol. The summed E-state index contributed by atoms with van der Waals surface area (Å²) in [5.41, 5.74) is 1.64. The van der Waals surface area contributed by atoms with Gasteiger partial charge in [-0.3, -0.25) is 19.3 Å². The van der Waals surface area contributed by atoms with Gasteiger partial charge in [0.05, 0.1) is 23.8 Å². The van der Waals surface area contributed by atoms with Gasteiger partial charge in [0.25, 0.3) is 17.7 Å². The minimum absolute atomic E-state index is 0.0206. The number of fused-ring (bicyclic) bond motifs is 1. The average Bonchev–Trinajstić information content (AvgIpc) is 2.98. The molecule has 1 fully saturated rings. The second-order valence-corrected chi connectivity index (χ2v) is 7.19. The number of nitrogens with one attached hydrogen (secondary N) is 1. The number of imide groups is 1. The van der Waals surface area contributed by atoms with E-state index < -0.39 is 0 Å². The molecule has 28 heavy (non-hydrogen) atoms. The highest BCUT2D eigenvalue weighted by Crippen LogP contribution is 2.32. The lowest BCUT2D eigenvalue weighted by Crippen LogP contribution is -2.40. The van der Waals surface area contributed by atoms with Crippen LogP contribution in [0.4, 0.5) is 5.69 Å². The highest BCUT2D eigenvalue weighted by Gasteiger charge is 2.40. The van der Waals surface area contributed by atoms with E-state index in [9.17, 15) is 14.4 Å². The van der Waals surface area contributed by atoms with Crippen molar-refractivity contribution in [3.8, 4) is 5.75 Å². The first-order valence-corrected chi connectivity index (χ1v) is 9.56. The summed E-state index contributed by atoms with van der Waals surface area (Å²) in [5, 5.41) is 2.79. The number of amides is 3. The lowest BCUT2D eigenvalue weighted by molar-refractivity contribution is 0.0548. The highest BCUT2D eigenvalue weighted by molar-refractivity contribution is 6.22. The van der Waals surface area contributed by atoms with Crippen molar-refractivity contribution in [2.75, 3.05) is 12.4 Å². The van der Waals surface area contributed by atoms with Crippen LogP contribution in [0.1, 0.15) is 63.2 Å². The van der Waals surface area contributed by atoms with E-state index in [-0.39, 0.29) is 23.8 Å². The summed E-state index contributed by atoms with van der Waals surface area (Å²) < 4.78 is 5.22. The number of methoxy groups -OCH3 is 1. The molecule has 0 atom stereocenters. The van der Waals surface area contributed by atoms with Crippen LogP contribution in [0.2, 0.25) is 0 Å². The maximum absolute atomic E-state index is 12.9. The number of para-hydroxylation sites is 1. The van der Waals surface area contributed by atoms with Gasteiger partial charge in [-0.05, 0) is 43.2 Å². The van der Waals surface area contributed by atoms with Gasteiger partial charge in [-0.25, -0.2) is 0 Å². The van der Waals surface area contributed by atoms with Crippen LogP contribution in [0, 0.1) is 0 Å². The summed E-state index contributed by atoms with van der Waals surface area (Å²) in [6.07, 6.45) is 4.96. The molecular formula is C22H22N2O4. The van der Waals surface area contributed by atoms with Crippen LogP contribution in [-0.2, 0) is 0 Å². The number of ether oxygens (including phenoxy) is 1. The summed E-state index contributed by atoms with van der Waals surface area (Å²) in [6.45, 7) is 0. The van der Waals surface area contributed by atoms with Gasteiger partial charge < -0.3 is 10.1 Å². The number of anilines is 1. The third-order valence-electron chi connectivity index (χ3n) is 5.47. The van der Waals surface area contributed by atoms with E-state index in [4.69, 9.17) is 4.74 Å². The number of benzene rings is 2. The maximum Gasteiger partial charge on any atom is 0.261 e. The second-order valence-electron chi connectivity index (χ2n) is 7.19. The summed E-state index contributed by atoms with van der Waals surface area (Å²) in [5.74, 6) is -0.357. The largest absolute Gasteiger partial charge is 0.496 e. The van der Waals surface area contributed by atoms with Gasteiger partial charge in [-0.2, -0.15) is 0 Å². The molecule has 1 aliphatic heterocycles. The quantitative estimate of drug-likeness (QED) is 0.820. The minimum Gasteiger partial charge on any atom is -0.496 e. The Bertz CT molecular complexity index is 947. The van der Waals surface area contributed by atoms with Crippen molar-refractivity contribution >= 4 is 23.4 Å². The van der Waals surface area contributed by atoms with Gasteiger partial charge in [0, 0.05) is 11.7 Å². The second kappa shape index (κ2) is 7.46. The fourth-order valence-corrected chi connectivity index (χ4v) is 4.04. The Morgan fingerprint density at radius 3 is 2.46 bits per heavy atom. The smallest absolute Gasteiger partial charge is 0.261 e. The monoisotopic (exact) mass is 378 g/mol. The van der Waals surface area contributed by atoms with Gasteiger partial charge in [0.15, 0.2) is 0 Å². The number of rotatable bonds is 4. The summed E-state index contributed by atoms with van der Waals surface area (Å²) >= 11 is 0. The Labute approximate surface area is 163 Å². The molecule has 1 saturated carbocycles. The van der Waals surface area contributed by atoms with Crippen LogP contribution in [0.5, 0.6) is 5.75 Å². The topological polar surface area (TPSA) is 75.7 Å². The van der Waals surface area contributed by atoms with Crippen molar-refractivity contribution in [2.24, 2.45) is 0 Å². The molecule has 0 spiro atoms. The van der Waals surface area contributed by atoms with Gasteiger partial charge in [-0.15, -0.1) is 0 Å². The SMILES string of the molecule is COc1ccccc1C(=O)Nc1ccc2c(c1)C(=O)N(C1CCCCC1)C2=O. The fraction of sp³-hybridized carbons (Fsp3) is 0.318. The Morgan fingerprint density at radius 1 is 1.00 bits per heavy atom. The van der Waals surface area contributed by atoms with E-state index in [1.54, 1.807) is 42.5 Å². The molecule has 0 radical (unpaired) electrons. The van der Waals surface area contributed by atoms with E-state index in [0.29, 0.717) is 28.1 Å². The molecule has 1 aliphatic carbocycles. The first-order valence-electron chi connectivity index (χ1n) is 9.56. The van der Waals surface area contributed by atoms with Crippen LogP contribution in [0.25, 0.3) is 0 Å². The molecular weight excluding hydrogens is 356 g/mol. The normalized spacial score (nSPS) is 16.8. The molecule has 144 valence electrons. The van der Waals surface area contributed by atoms with Crippen LogP contribution in [0.15, 0.2) is 42.5 Å². The molecule has 2 aromatic carbocycles. The van der Waals surface area contributed by atoms with Gasteiger partial charge in [0.1, 0.15) is 5.75 Å². The number of hydrogen-bond acceptors (Lipinski definition) is 4. The van der Waals surface area contributed by atoms with Crippen LogP contribution in [-0.4, -0.2) is 35.8 Å². The Kier molecular flexibility index (Phi) is 4.86. The van der Waals surface area contributed by atoms with Crippen molar-refractivity contribution in [2.45, 2.75) is 38.1 Å². The maximum atomic E-state index is 12.9. The summed E-state index contributed by atoms with van der Waals surface area (Å²) in [4.78, 5) is 39.6. The molecule has 3 amide bonds. The van der Waals surface area contributed by atoms with Gasteiger partial charge in [0.2, 0.25) is 0 Å². The summed E-state index contributed by atoms with van der Waals surface area (Å²) in [6, 6.07) is 11.8. The number of carbonyl (C=O) groups excluding carboxylic acids is 3. The van der Waals surface area contributed by atoms with Gasteiger partial charge >= 0.3 is 0 Å². The van der Waals surface area contributed by atoms with E-state index in [1.165, 1.54) is 12.0 Å². The van der Waals surface area contributed by atoms with Crippen molar-refractivity contribution in [1.82, 2.24) is 4.90 Å². The van der Waals surface area contributed by atoms with E-state index in [0.717, 1.165) is 32.1 Å². The lowest BCUT2D eigenvalue weighted by Gasteiger charge is -2.29. The number of nitrogens with zero attached hydrogens (tertiary/aromatic N) is 1. The van der Waals surface area contributed by atoms with Crippen molar-refractivity contribution in [3.63, 3.8) is 0 Å².